The third-order valence-electron chi connectivity index (χ3n) is 1.08. The molecule has 1 aromatic rings. The van der Waals surface area contributed by atoms with Crippen molar-refractivity contribution in [3.63, 3.8) is 0 Å². The van der Waals surface area contributed by atoms with Crippen LogP contribution in [0.25, 0.3) is 0 Å². The van der Waals surface area contributed by atoms with Crippen LogP contribution >= 0.6 is 0 Å². The van der Waals surface area contributed by atoms with Gasteiger partial charge in [-0.25, -0.2) is 4.57 Å². The van der Waals surface area contributed by atoms with E-state index in [-0.39, 0.29) is 0 Å². The van der Waals surface area contributed by atoms with Crippen molar-refractivity contribution >= 4 is 0 Å². The molecule has 0 unspecified atom stereocenters. The first-order valence-corrected chi connectivity index (χ1v) is 2.63. The van der Waals surface area contributed by atoms with Crippen molar-refractivity contribution in [1.82, 2.24) is 4.57 Å². The molecule has 0 atom stereocenters. The molecule has 1 heterocycles. The normalized spacial score (nSPS) is 5.57. The van der Waals surface area contributed by atoms with E-state index in [1.54, 1.807) is 0 Å². The van der Waals surface area contributed by atoms with Crippen LogP contribution in [0.15, 0.2) is 18.7 Å². The molecule has 8 heteroatoms. The van der Waals surface area contributed by atoms with Crippen molar-refractivity contribution in [3.8, 4) is 0 Å². The van der Waals surface area contributed by atoms with E-state index in [2.05, 4.69) is 6.92 Å². The second kappa shape index (κ2) is 16.4. The first-order valence-electron chi connectivity index (χ1n) is 2.63. The monoisotopic (exact) mass is 1710 g/mol. The second-order valence-electron chi connectivity index (χ2n) is 1.82. The largest absolute Gasteiger partial charge is 0.302 e. The molecule has 0 spiro atoms. The van der Waals surface area contributed by atoms with Gasteiger partial charge in [0, 0.05) is 0 Å². The van der Waals surface area contributed by atoms with Crippen LogP contribution in [-0.2, 0) is 13.6 Å². The van der Waals surface area contributed by atoms with E-state index >= 15 is 0 Å². The number of rotatable bonds is 1. The van der Waals surface area contributed by atoms with Gasteiger partial charge in [0.1, 0.15) is 12.4 Å². The molecule has 0 saturated heterocycles. The average Bonchev–Trinajstić information content (AvgIpc) is 2.14. The summed E-state index contributed by atoms with van der Waals surface area (Å²) in [5.74, 6) is 0. The average molecular weight is 1710 g/mol. The van der Waals surface area contributed by atoms with Crippen LogP contribution in [0.1, 0.15) is 0 Å². The maximum atomic E-state index is 3.72. The van der Waals surface area contributed by atoms with Gasteiger partial charge in [0.25, 0.3) is 0 Å². The first-order chi connectivity index (χ1) is 3.83. The molecule has 0 bridgehead atoms. The molecular weight excluding hydrogens is 1700 g/mol. The summed E-state index contributed by atoms with van der Waals surface area (Å²) in [6.45, 7) is 4.53. The number of imidazole rings is 1. The van der Waals surface area contributed by atoms with Crippen LogP contribution in [0.3, 0.4) is 0 Å². The molecule has 1 rings (SSSR count). The van der Waals surface area contributed by atoms with E-state index in [0.29, 0.717) is 0 Å². The van der Waals surface area contributed by atoms with Gasteiger partial charge in [-0.2, -0.15) is 0 Å². The maximum Gasteiger partial charge on any atom is 0.241 e. The van der Waals surface area contributed by atoms with E-state index in [1.807, 2.05) is 34.9 Å². The molecule has 2 nitrogen and oxygen atoms in total. The van der Waals surface area contributed by atoms with Gasteiger partial charge in [-0.05, 0) is 6.54 Å². The third-order valence-corrected chi connectivity index (χ3v) is 1.08. The second-order valence-corrected chi connectivity index (χ2v) is 1.82. The molecule has 56 valence electrons. The Morgan fingerprint density at radius 3 is 1.64 bits per heavy atom. The molecule has 0 aliphatic rings. The summed E-state index contributed by atoms with van der Waals surface area (Å²) in [5.41, 5.74) is 0. The molecule has 0 amide bonds. The van der Waals surface area contributed by atoms with Crippen LogP contribution in [0, 0.1) is 6.92 Å². The smallest absolute Gasteiger partial charge is 0.241 e. The minimum Gasteiger partial charge on any atom is -0.302 e. The molecule has 14 heavy (non-hydrogen) atoms. The Morgan fingerprint density at radius 2 is 1.50 bits per heavy atom. The molecular formula is C6H10N2Rf6. The quantitative estimate of drug-likeness (QED) is 0.280. The summed E-state index contributed by atoms with van der Waals surface area (Å²) in [6.07, 6.45) is 5.98. The van der Waals surface area contributed by atoms with Gasteiger partial charge in [0.15, 0.2) is 0 Å². The van der Waals surface area contributed by atoms with Crippen molar-refractivity contribution in [3.05, 3.63) is 25.6 Å². The minimum absolute atomic E-state index is 0. The van der Waals surface area contributed by atoms with E-state index < -0.39 is 0 Å². The fourth-order valence-corrected chi connectivity index (χ4v) is 0.634. The summed E-state index contributed by atoms with van der Waals surface area (Å²) < 4.78 is 4.01. The van der Waals surface area contributed by atoms with Crippen LogP contribution in [0.5, 0.6) is 0 Å². The molecule has 0 aliphatic heterocycles. The van der Waals surface area contributed by atoms with Crippen molar-refractivity contribution in [2.45, 2.75) is 6.54 Å². The van der Waals surface area contributed by atoms with Gasteiger partial charge in [-0.3, -0.25) is 4.57 Å². The molecule has 0 aromatic carbocycles. The van der Waals surface area contributed by atoms with Crippen LogP contribution in [0.4, 0.5) is 0 Å². The van der Waals surface area contributed by atoms with Crippen molar-refractivity contribution in [2.24, 2.45) is 7.05 Å². The molecule has 0 aliphatic carbocycles. The van der Waals surface area contributed by atoms with Crippen LogP contribution in [0.2, 0.25) is 0 Å². The third kappa shape index (κ3) is 5.21. The Balaban J connectivity index is -0.0000000267. The SMILES string of the molecule is [CH2-]Cn1cc[n+](C)c1.[Rf].[Rf].[Rf].[Rf].[Rf].[Rf]. The van der Waals surface area contributed by atoms with Crippen molar-refractivity contribution in [2.75, 3.05) is 0 Å². The summed E-state index contributed by atoms with van der Waals surface area (Å²) >= 11 is 0. The molecule has 0 radical (unpaired) electrons. The Hall–Kier alpha value is -6.79. The summed E-state index contributed by atoms with van der Waals surface area (Å²) in [5, 5.41) is 0. The number of nitrogens with zero attached hydrogens (tertiary/aromatic N) is 2. The van der Waals surface area contributed by atoms with Gasteiger partial charge in [-0.1, -0.05) is 0 Å². The Bertz CT molecular complexity index is 181. The molecule has 0 saturated carbocycles. The van der Waals surface area contributed by atoms with Gasteiger partial charge >= 0.3 is 0 Å². The summed E-state index contributed by atoms with van der Waals surface area (Å²) in [7, 11) is 1.99. The van der Waals surface area contributed by atoms with Gasteiger partial charge in [-0.15, -0.1) is 0 Å². The molecule has 0 N–H and O–H groups in total. The number of hydrogen-bond acceptors (Lipinski definition) is 0. The fraction of sp³-hybridized carbons (Fsp3) is 0.333. The van der Waals surface area contributed by atoms with Gasteiger partial charge < -0.3 is 6.92 Å². The zero-order valence-electron chi connectivity index (χ0n) is 9.28. The van der Waals surface area contributed by atoms with Crippen molar-refractivity contribution < 1.29 is 4.57 Å². The first kappa shape index (κ1) is 190. The maximum absolute atomic E-state index is 3.72. The Kier molecular flexibility index (Phi) is 222. The van der Waals surface area contributed by atoms with E-state index in [0.717, 1.165) is 6.54 Å². The topological polar surface area (TPSA) is 8.81 Å². The Morgan fingerprint density at radius 1 is 1.07 bits per heavy atom. The van der Waals surface area contributed by atoms with Crippen LogP contribution < -0.4 is 4.57 Å². The van der Waals surface area contributed by atoms with Crippen molar-refractivity contribution in [1.29, 1.82) is 0 Å². The van der Waals surface area contributed by atoms with E-state index in [9.17, 15) is 0 Å². The predicted octanol–water partition coefficient (Wildman–Crippen LogP) is 0.147. The number of aryl methyl sites for hydroxylation is 1. The standard InChI is InChI=1S/C6H10N2.6Rf/c1-3-8-5-4-7(2)6-8;;;;;;/h4-6H,1,3H2,2H3;;;;;;. The summed E-state index contributed by atoms with van der Waals surface area (Å²) in [4.78, 5) is 0. The van der Waals surface area contributed by atoms with Gasteiger partial charge in [0.05, 0.1) is 7.05 Å². The Labute approximate surface area is 49.4 Å². The fourth-order valence-electron chi connectivity index (χ4n) is 0.634. The zero-order chi connectivity index (χ0) is 5.98. The predicted molar refractivity (Wildman–Crippen MR) is 31.0 cm³/mol. The molecule has 0 fully saturated rings. The molecule has 1 aromatic heterocycles. The number of aromatic nitrogens is 2. The van der Waals surface area contributed by atoms with E-state index in [1.165, 1.54) is 0 Å². The summed E-state index contributed by atoms with van der Waals surface area (Å²) in [6, 6.07) is 0. The zero-order valence-corrected chi connectivity index (χ0v) is 47.7. The number of hydrogen-bond donors (Lipinski definition) is 0. The van der Waals surface area contributed by atoms with E-state index in [4.69, 9.17) is 0 Å². The minimum atomic E-state index is 0. The van der Waals surface area contributed by atoms with Gasteiger partial charge in [0.2, 0.25) is 6.33 Å². The van der Waals surface area contributed by atoms with Crippen LogP contribution in [-0.4, -0.2) is 4.57 Å².